The van der Waals surface area contributed by atoms with Gasteiger partial charge in [0.25, 0.3) is 0 Å². The molecule has 3 nitrogen and oxygen atoms in total. The first-order valence-corrected chi connectivity index (χ1v) is 6.76. The van der Waals surface area contributed by atoms with E-state index in [-0.39, 0.29) is 11.4 Å². The first-order chi connectivity index (χ1) is 9.54. The van der Waals surface area contributed by atoms with Crippen molar-refractivity contribution in [2.24, 2.45) is 0 Å². The van der Waals surface area contributed by atoms with Gasteiger partial charge < -0.3 is 5.11 Å². The van der Waals surface area contributed by atoms with E-state index in [9.17, 15) is 9.18 Å². The van der Waals surface area contributed by atoms with E-state index in [1.165, 1.54) is 23.5 Å². The molecule has 3 rings (SSSR count). The Bertz CT molecular complexity index is 826. The normalized spacial score (nSPS) is 10.9. The molecule has 1 N–H and O–H groups in total. The molecule has 0 aliphatic heterocycles. The van der Waals surface area contributed by atoms with Crippen molar-refractivity contribution in [1.29, 1.82) is 0 Å². The van der Waals surface area contributed by atoms with Crippen LogP contribution < -0.4 is 0 Å². The lowest BCUT2D eigenvalue weighted by molar-refractivity contribution is 0.0697. The van der Waals surface area contributed by atoms with Gasteiger partial charge in [-0.1, -0.05) is 6.07 Å². The standard InChI is InChI=1S/C15H10FNO2S/c1-8-2-4-10(11(16)6-8)14-17-12-5-3-9(15(18)19)7-13(12)20-14/h2-7H,1H3,(H,18,19). The number of aromatic carboxylic acids is 1. The molecule has 0 aliphatic rings. The fourth-order valence-corrected chi connectivity index (χ4v) is 3.00. The van der Waals surface area contributed by atoms with Crippen molar-refractivity contribution in [2.75, 3.05) is 0 Å². The highest BCUT2D eigenvalue weighted by Gasteiger charge is 2.12. The van der Waals surface area contributed by atoms with Crippen LogP contribution in [0.1, 0.15) is 15.9 Å². The maximum Gasteiger partial charge on any atom is 0.335 e. The van der Waals surface area contributed by atoms with Gasteiger partial charge in [0.1, 0.15) is 10.8 Å². The number of benzene rings is 2. The van der Waals surface area contributed by atoms with Gasteiger partial charge in [-0.15, -0.1) is 11.3 Å². The van der Waals surface area contributed by atoms with E-state index in [1.54, 1.807) is 18.2 Å². The van der Waals surface area contributed by atoms with Gasteiger partial charge in [0.05, 0.1) is 15.8 Å². The third-order valence-electron chi connectivity index (χ3n) is 2.99. The molecule has 0 fully saturated rings. The highest BCUT2D eigenvalue weighted by Crippen LogP contribution is 2.32. The van der Waals surface area contributed by atoms with Crippen LogP contribution >= 0.6 is 11.3 Å². The van der Waals surface area contributed by atoms with Crippen LogP contribution in [-0.2, 0) is 0 Å². The third kappa shape index (κ3) is 2.16. The molecule has 0 bridgehead atoms. The number of aromatic nitrogens is 1. The van der Waals surface area contributed by atoms with Crippen molar-refractivity contribution >= 4 is 27.5 Å². The SMILES string of the molecule is Cc1ccc(-c2nc3ccc(C(=O)O)cc3s2)c(F)c1. The number of rotatable bonds is 2. The summed E-state index contributed by atoms with van der Waals surface area (Å²) in [6.07, 6.45) is 0. The van der Waals surface area contributed by atoms with E-state index in [0.29, 0.717) is 16.1 Å². The summed E-state index contributed by atoms with van der Waals surface area (Å²) in [6, 6.07) is 9.69. The van der Waals surface area contributed by atoms with Crippen molar-refractivity contribution in [1.82, 2.24) is 4.98 Å². The van der Waals surface area contributed by atoms with Crippen LogP contribution in [0.25, 0.3) is 20.8 Å². The van der Waals surface area contributed by atoms with Crippen molar-refractivity contribution in [3.63, 3.8) is 0 Å². The number of fused-ring (bicyclic) bond motifs is 1. The second kappa shape index (κ2) is 4.68. The van der Waals surface area contributed by atoms with Gasteiger partial charge in [-0.05, 0) is 42.8 Å². The second-order valence-corrected chi connectivity index (χ2v) is 5.52. The average Bonchev–Trinajstić information content (AvgIpc) is 2.80. The predicted molar refractivity (Wildman–Crippen MR) is 76.7 cm³/mol. The molecule has 5 heteroatoms. The fraction of sp³-hybridized carbons (Fsp3) is 0.0667. The predicted octanol–water partition coefficient (Wildman–Crippen LogP) is 4.11. The van der Waals surface area contributed by atoms with Gasteiger partial charge in [-0.3, -0.25) is 0 Å². The van der Waals surface area contributed by atoms with E-state index >= 15 is 0 Å². The first-order valence-electron chi connectivity index (χ1n) is 5.95. The van der Waals surface area contributed by atoms with E-state index in [1.807, 2.05) is 13.0 Å². The van der Waals surface area contributed by atoms with E-state index in [0.717, 1.165) is 10.3 Å². The maximum absolute atomic E-state index is 13.9. The van der Waals surface area contributed by atoms with Crippen molar-refractivity contribution in [3.8, 4) is 10.6 Å². The number of carboxylic acid groups (broad SMARTS) is 1. The van der Waals surface area contributed by atoms with Gasteiger partial charge in [-0.25, -0.2) is 14.2 Å². The van der Waals surface area contributed by atoms with E-state index < -0.39 is 5.97 Å². The summed E-state index contributed by atoms with van der Waals surface area (Å²) in [7, 11) is 0. The molecule has 0 spiro atoms. The number of thiazole rings is 1. The molecule has 0 saturated carbocycles. The minimum Gasteiger partial charge on any atom is -0.478 e. The topological polar surface area (TPSA) is 50.2 Å². The molecule has 0 atom stereocenters. The van der Waals surface area contributed by atoms with E-state index in [4.69, 9.17) is 5.11 Å². The molecule has 0 unspecified atom stereocenters. The highest BCUT2D eigenvalue weighted by atomic mass is 32.1. The molecule has 1 heterocycles. The minimum atomic E-state index is -0.983. The quantitative estimate of drug-likeness (QED) is 0.771. The fourth-order valence-electron chi connectivity index (χ4n) is 1.97. The van der Waals surface area contributed by atoms with Gasteiger partial charge in [-0.2, -0.15) is 0 Å². The Morgan fingerprint density at radius 3 is 2.75 bits per heavy atom. The minimum absolute atomic E-state index is 0.206. The number of hydrogen-bond donors (Lipinski definition) is 1. The summed E-state index contributed by atoms with van der Waals surface area (Å²) < 4.78 is 14.7. The largest absolute Gasteiger partial charge is 0.478 e. The number of carboxylic acids is 1. The summed E-state index contributed by atoms with van der Waals surface area (Å²) in [5, 5.41) is 9.52. The summed E-state index contributed by atoms with van der Waals surface area (Å²) in [4.78, 5) is 15.3. The van der Waals surface area contributed by atoms with Crippen LogP contribution in [0, 0.1) is 12.7 Å². The molecule has 100 valence electrons. The van der Waals surface area contributed by atoms with Crippen molar-refractivity contribution < 1.29 is 14.3 Å². The molecular weight excluding hydrogens is 277 g/mol. The number of hydrogen-bond acceptors (Lipinski definition) is 3. The highest BCUT2D eigenvalue weighted by molar-refractivity contribution is 7.21. The zero-order chi connectivity index (χ0) is 14.3. The van der Waals surface area contributed by atoms with Gasteiger partial charge in [0.15, 0.2) is 0 Å². The lowest BCUT2D eigenvalue weighted by atomic mass is 10.1. The molecule has 1 aromatic heterocycles. The van der Waals surface area contributed by atoms with Crippen LogP contribution in [0.2, 0.25) is 0 Å². The Hall–Kier alpha value is -2.27. The molecule has 0 aliphatic carbocycles. The third-order valence-corrected chi connectivity index (χ3v) is 4.04. The smallest absolute Gasteiger partial charge is 0.335 e. The van der Waals surface area contributed by atoms with Crippen LogP contribution in [0.3, 0.4) is 0 Å². The number of nitrogens with zero attached hydrogens (tertiary/aromatic N) is 1. The number of halogens is 1. The molecule has 3 aromatic rings. The van der Waals surface area contributed by atoms with Crippen molar-refractivity contribution in [2.45, 2.75) is 6.92 Å². The first kappa shape index (κ1) is 12.7. The average molecular weight is 287 g/mol. The molecule has 0 radical (unpaired) electrons. The van der Waals surface area contributed by atoms with Gasteiger partial charge in [0, 0.05) is 5.56 Å². The Labute approximate surface area is 118 Å². The second-order valence-electron chi connectivity index (χ2n) is 4.49. The van der Waals surface area contributed by atoms with E-state index in [2.05, 4.69) is 4.98 Å². The molecule has 0 amide bonds. The zero-order valence-corrected chi connectivity index (χ0v) is 11.4. The Morgan fingerprint density at radius 1 is 1.25 bits per heavy atom. The summed E-state index contributed by atoms with van der Waals surface area (Å²) >= 11 is 1.29. The van der Waals surface area contributed by atoms with Gasteiger partial charge in [0.2, 0.25) is 0 Å². The monoisotopic (exact) mass is 287 g/mol. The summed E-state index contributed by atoms with van der Waals surface area (Å²) in [5.74, 6) is -1.30. The Morgan fingerprint density at radius 2 is 2.05 bits per heavy atom. The molecule has 2 aromatic carbocycles. The summed E-state index contributed by atoms with van der Waals surface area (Å²) in [6.45, 7) is 1.82. The number of aryl methyl sites for hydroxylation is 1. The maximum atomic E-state index is 13.9. The molecule has 0 saturated heterocycles. The van der Waals surface area contributed by atoms with Crippen LogP contribution in [0.15, 0.2) is 36.4 Å². The Kier molecular flexibility index (Phi) is 2.99. The summed E-state index contributed by atoms with van der Waals surface area (Å²) in [5.41, 5.74) is 2.17. The van der Waals surface area contributed by atoms with Gasteiger partial charge >= 0.3 is 5.97 Å². The lowest BCUT2D eigenvalue weighted by Gasteiger charge is -1.99. The van der Waals surface area contributed by atoms with Crippen molar-refractivity contribution in [3.05, 3.63) is 53.3 Å². The molecular formula is C15H10FNO2S. The lowest BCUT2D eigenvalue weighted by Crippen LogP contribution is -1.94. The number of carbonyl (C=O) groups is 1. The zero-order valence-electron chi connectivity index (χ0n) is 10.6. The van der Waals surface area contributed by atoms with Crippen LogP contribution in [0.5, 0.6) is 0 Å². The molecule has 20 heavy (non-hydrogen) atoms. The van der Waals surface area contributed by atoms with Crippen LogP contribution in [-0.4, -0.2) is 16.1 Å². The Balaban J connectivity index is 2.15. The van der Waals surface area contributed by atoms with Crippen LogP contribution in [0.4, 0.5) is 4.39 Å².